The normalized spacial score (nSPS) is 12.6. The third kappa shape index (κ3) is 6.43. The van der Waals surface area contributed by atoms with Gasteiger partial charge < -0.3 is 28.7 Å². The Labute approximate surface area is 230 Å². The summed E-state index contributed by atoms with van der Waals surface area (Å²) in [5, 5.41) is 2.26. The van der Waals surface area contributed by atoms with Crippen molar-refractivity contribution in [1.29, 1.82) is 0 Å². The van der Waals surface area contributed by atoms with Crippen molar-refractivity contribution in [2.45, 2.75) is 19.2 Å². The van der Waals surface area contributed by atoms with Gasteiger partial charge in [0.05, 0.1) is 17.4 Å². The number of alkyl halides is 3. The fraction of sp³-hybridized carbons (Fsp3) is 0.207. The van der Waals surface area contributed by atoms with Gasteiger partial charge in [0.2, 0.25) is 11.2 Å². The van der Waals surface area contributed by atoms with Gasteiger partial charge in [0.1, 0.15) is 31.2 Å². The zero-order chi connectivity index (χ0) is 29.0. The summed E-state index contributed by atoms with van der Waals surface area (Å²) in [6.07, 6.45) is -5.99. The predicted octanol–water partition coefficient (Wildman–Crippen LogP) is 5.47. The number of hydrogen-bond donors (Lipinski definition) is 1. The van der Waals surface area contributed by atoms with Gasteiger partial charge >= 0.3 is 18.2 Å². The van der Waals surface area contributed by atoms with Crippen molar-refractivity contribution < 1.29 is 46.1 Å². The molecule has 0 atom stereocenters. The topological polar surface area (TPSA) is 113 Å². The third-order valence-corrected chi connectivity index (χ3v) is 6.00. The molecule has 212 valence electrons. The number of carbonyl (C=O) groups is 2. The zero-order valence-corrected chi connectivity index (χ0v) is 21.3. The van der Waals surface area contributed by atoms with Gasteiger partial charge in [-0.3, -0.25) is 9.59 Å². The second kappa shape index (κ2) is 11.6. The maximum atomic E-state index is 14.0. The van der Waals surface area contributed by atoms with E-state index in [1.54, 1.807) is 24.3 Å². The number of nitrogens with one attached hydrogen (secondary N) is 1. The zero-order valence-electron chi connectivity index (χ0n) is 21.3. The molecule has 0 saturated heterocycles. The lowest BCUT2D eigenvalue weighted by Crippen LogP contribution is -2.27. The number of esters is 1. The van der Waals surface area contributed by atoms with Crippen LogP contribution in [0.4, 0.5) is 18.0 Å². The lowest BCUT2D eigenvalue weighted by atomic mass is 10.0. The molecule has 5 rings (SSSR count). The van der Waals surface area contributed by atoms with E-state index >= 15 is 0 Å². The molecule has 0 spiro atoms. The highest BCUT2D eigenvalue weighted by Gasteiger charge is 2.39. The summed E-state index contributed by atoms with van der Waals surface area (Å²) >= 11 is 0. The molecule has 1 aliphatic rings. The highest BCUT2D eigenvalue weighted by molar-refractivity contribution is 5.85. The minimum Gasteiger partial charge on any atom is -0.486 e. The highest BCUT2D eigenvalue weighted by Crippen LogP contribution is 2.40. The van der Waals surface area contributed by atoms with Crippen LogP contribution in [0.15, 0.2) is 75.9 Å². The Morgan fingerprint density at radius 2 is 1.68 bits per heavy atom. The molecule has 12 heteroatoms. The first-order valence-corrected chi connectivity index (χ1v) is 12.4. The summed E-state index contributed by atoms with van der Waals surface area (Å²) in [4.78, 5) is 37.3. The van der Waals surface area contributed by atoms with E-state index in [1.807, 2.05) is 6.07 Å². The standard InChI is InChI=1S/C29H22F3NO8/c30-29(31,32)27-25(18-6-9-21-23(14-18)38-13-12-37-21)26(35)20-8-7-19(15-22(20)41-27)40-24(34)10-11-33-28(36)39-16-17-4-2-1-3-5-17/h1-9,14-15H,10-13,16H2,(H,33,36). The second-order valence-corrected chi connectivity index (χ2v) is 8.86. The van der Waals surface area contributed by atoms with Crippen LogP contribution in [0.2, 0.25) is 0 Å². The Hall–Kier alpha value is -5.00. The molecule has 0 unspecified atom stereocenters. The Bertz CT molecular complexity index is 1650. The molecule has 0 fully saturated rings. The number of carbonyl (C=O) groups excluding carboxylic acids is 2. The van der Waals surface area contributed by atoms with Crippen molar-refractivity contribution in [3.05, 3.63) is 88.3 Å². The molecule has 1 aromatic heterocycles. The van der Waals surface area contributed by atoms with Crippen molar-refractivity contribution in [2.24, 2.45) is 0 Å². The molecule has 0 bridgehead atoms. The Morgan fingerprint density at radius 3 is 2.44 bits per heavy atom. The number of halogens is 3. The molecular weight excluding hydrogens is 547 g/mol. The summed E-state index contributed by atoms with van der Waals surface area (Å²) in [6.45, 7) is 0.454. The van der Waals surface area contributed by atoms with Gasteiger partial charge in [-0.25, -0.2) is 4.79 Å². The SMILES string of the molecule is O=C(CCNC(=O)OCc1ccccc1)Oc1ccc2c(=O)c(-c3ccc4c(c3)OCCO4)c(C(F)(F)F)oc2c1. The molecule has 4 aromatic rings. The van der Waals surface area contributed by atoms with E-state index in [0.717, 1.165) is 11.6 Å². The van der Waals surface area contributed by atoms with Crippen molar-refractivity contribution >= 4 is 23.0 Å². The number of ether oxygens (including phenoxy) is 4. The number of rotatable bonds is 7. The molecule has 41 heavy (non-hydrogen) atoms. The largest absolute Gasteiger partial charge is 0.486 e. The van der Waals surface area contributed by atoms with Crippen molar-refractivity contribution in [3.63, 3.8) is 0 Å². The average Bonchev–Trinajstić information content (AvgIpc) is 2.95. The van der Waals surface area contributed by atoms with Crippen molar-refractivity contribution in [2.75, 3.05) is 19.8 Å². The number of alkyl carbamates (subject to hydrolysis) is 1. The van der Waals surface area contributed by atoms with Gasteiger partial charge in [-0.1, -0.05) is 36.4 Å². The lowest BCUT2D eigenvalue weighted by molar-refractivity contribution is -0.152. The maximum Gasteiger partial charge on any atom is 0.450 e. The van der Waals surface area contributed by atoms with Crippen LogP contribution in [0, 0.1) is 0 Å². The Morgan fingerprint density at radius 1 is 0.927 bits per heavy atom. The Balaban J connectivity index is 1.29. The molecule has 1 amide bonds. The minimum absolute atomic E-state index is 0.0513. The van der Waals surface area contributed by atoms with Crippen molar-refractivity contribution in [1.82, 2.24) is 5.32 Å². The van der Waals surface area contributed by atoms with Crippen LogP contribution in [-0.2, 0) is 22.3 Å². The predicted molar refractivity (Wildman–Crippen MR) is 139 cm³/mol. The third-order valence-electron chi connectivity index (χ3n) is 6.00. The van der Waals surface area contributed by atoms with Crippen LogP contribution in [0.1, 0.15) is 17.7 Å². The van der Waals surface area contributed by atoms with Gasteiger partial charge in [0, 0.05) is 12.6 Å². The van der Waals surface area contributed by atoms with Crippen LogP contribution in [-0.4, -0.2) is 31.8 Å². The molecule has 0 radical (unpaired) electrons. The van der Waals surface area contributed by atoms with E-state index in [0.29, 0.717) is 12.4 Å². The first-order chi connectivity index (χ1) is 19.7. The molecule has 3 aromatic carbocycles. The van der Waals surface area contributed by atoms with Crippen LogP contribution < -0.4 is 25.0 Å². The summed E-state index contributed by atoms with van der Waals surface area (Å²) in [5.74, 6) is -1.86. The lowest BCUT2D eigenvalue weighted by Gasteiger charge is -2.19. The van der Waals surface area contributed by atoms with E-state index in [9.17, 15) is 27.6 Å². The second-order valence-electron chi connectivity index (χ2n) is 8.86. The van der Waals surface area contributed by atoms with Gasteiger partial charge in [-0.15, -0.1) is 0 Å². The molecule has 1 aliphatic heterocycles. The van der Waals surface area contributed by atoms with Crippen LogP contribution in [0.25, 0.3) is 22.1 Å². The van der Waals surface area contributed by atoms with E-state index in [2.05, 4.69) is 5.32 Å². The monoisotopic (exact) mass is 569 g/mol. The maximum absolute atomic E-state index is 14.0. The van der Waals surface area contributed by atoms with E-state index < -0.39 is 40.6 Å². The fourth-order valence-corrected chi connectivity index (χ4v) is 4.12. The smallest absolute Gasteiger partial charge is 0.450 e. The van der Waals surface area contributed by atoms with Crippen LogP contribution in [0.3, 0.4) is 0 Å². The van der Waals surface area contributed by atoms with Gasteiger partial charge in [0.15, 0.2) is 11.5 Å². The average molecular weight is 569 g/mol. The van der Waals surface area contributed by atoms with E-state index in [1.165, 1.54) is 30.3 Å². The summed E-state index contributed by atoms with van der Waals surface area (Å²) in [5.41, 5.74) is -1.29. The first-order valence-electron chi connectivity index (χ1n) is 12.4. The molecule has 2 heterocycles. The number of amides is 1. The van der Waals surface area contributed by atoms with E-state index in [-0.39, 0.29) is 48.6 Å². The van der Waals surface area contributed by atoms with Crippen LogP contribution in [0.5, 0.6) is 17.2 Å². The number of fused-ring (bicyclic) bond motifs is 2. The molecule has 9 nitrogen and oxygen atoms in total. The highest BCUT2D eigenvalue weighted by atomic mass is 19.4. The minimum atomic E-state index is -5.01. The fourth-order valence-electron chi connectivity index (χ4n) is 4.12. The van der Waals surface area contributed by atoms with Crippen LogP contribution >= 0.6 is 0 Å². The van der Waals surface area contributed by atoms with Gasteiger partial charge in [-0.2, -0.15) is 13.2 Å². The first kappa shape index (κ1) is 27.6. The van der Waals surface area contributed by atoms with Gasteiger partial charge in [0.25, 0.3) is 0 Å². The molecule has 0 saturated carbocycles. The molecule has 1 N–H and O–H groups in total. The van der Waals surface area contributed by atoms with Crippen molar-refractivity contribution in [3.8, 4) is 28.4 Å². The number of benzene rings is 3. The Kier molecular flexibility index (Phi) is 7.81. The summed E-state index contributed by atoms with van der Waals surface area (Å²) in [6, 6.07) is 16.5. The molecule has 0 aliphatic carbocycles. The summed E-state index contributed by atoms with van der Waals surface area (Å²) in [7, 11) is 0. The van der Waals surface area contributed by atoms with E-state index in [4.69, 9.17) is 23.4 Å². The number of hydrogen-bond acceptors (Lipinski definition) is 8. The van der Waals surface area contributed by atoms with Gasteiger partial charge in [-0.05, 0) is 35.4 Å². The summed E-state index contributed by atoms with van der Waals surface area (Å²) < 4.78 is 68.3. The quantitative estimate of drug-likeness (QED) is 0.230. The molecular formula is C29H22F3NO8.